The van der Waals surface area contributed by atoms with E-state index in [-0.39, 0.29) is 6.10 Å². The van der Waals surface area contributed by atoms with Crippen molar-refractivity contribution in [3.63, 3.8) is 0 Å². The van der Waals surface area contributed by atoms with E-state index in [1.54, 1.807) is 7.11 Å². The van der Waals surface area contributed by atoms with Crippen molar-refractivity contribution in [1.29, 1.82) is 0 Å². The minimum atomic E-state index is -0.0818. The van der Waals surface area contributed by atoms with Gasteiger partial charge in [-0.05, 0) is 62.3 Å². The molecule has 1 heterocycles. The van der Waals surface area contributed by atoms with Gasteiger partial charge in [-0.1, -0.05) is 11.6 Å². The second-order valence-corrected chi connectivity index (χ2v) is 7.36. The van der Waals surface area contributed by atoms with Crippen LogP contribution in [0.4, 0.5) is 0 Å². The maximum atomic E-state index is 10.2. The van der Waals surface area contributed by atoms with Crippen molar-refractivity contribution in [3.05, 3.63) is 35.4 Å². The Kier molecular flexibility index (Phi) is 5.47. The Morgan fingerprint density at radius 3 is 2.54 bits per heavy atom. The van der Waals surface area contributed by atoms with E-state index < -0.39 is 0 Å². The number of aliphatic hydroxyl groups is 1. The minimum absolute atomic E-state index is 0.0818. The first kappa shape index (κ1) is 17.3. The van der Waals surface area contributed by atoms with Crippen LogP contribution in [-0.2, 0) is 6.54 Å². The maximum absolute atomic E-state index is 10.2. The number of ether oxygens (including phenoxy) is 2. The molecule has 0 radical (unpaired) electrons. The van der Waals surface area contributed by atoms with E-state index in [0.717, 1.165) is 31.1 Å². The molecule has 3 rings (SSSR count). The summed E-state index contributed by atoms with van der Waals surface area (Å²) >= 11 is 0. The molecule has 2 fully saturated rings. The van der Waals surface area contributed by atoms with Gasteiger partial charge in [0.05, 0.1) is 13.2 Å². The normalized spacial score (nSPS) is 26.2. The lowest BCUT2D eigenvalue weighted by molar-refractivity contribution is 0.0138. The quantitative estimate of drug-likeness (QED) is 0.813. The van der Waals surface area contributed by atoms with Crippen molar-refractivity contribution in [2.45, 2.75) is 39.3 Å². The van der Waals surface area contributed by atoms with Crippen molar-refractivity contribution in [1.82, 2.24) is 4.90 Å². The van der Waals surface area contributed by atoms with Crippen LogP contribution in [0.3, 0.4) is 0 Å². The van der Waals surface area contributed by atoms with Crippen LogP contribution in [0, 0.1) is 11.8 Å². The lowest BCUT2D eigenvalue weighted by Crippen LogP contribution is -2.44. The van der Waals surface area contributed by atoms with Crippen molar-refractivity contribution in [2.75, 3.05) is 26.8 Å². The molecule has 1 N–H and O–H groups in total. The largest absolute Gasteiger partial charge is 0.493 e. The molecule has 0 aromatic heterocycles. The summed E-state index contributed by atoms with van der Waals surface area (Å²) in [6, 6.07) is 6.19. The summed E-state index contributed by atoms with van der Waals surface area (Å²) in [7, 11) is 1.68. The third-order valence-electron chi connectivity index (χ3n) is 5.22. The summed E-state index contributed by atoms with van der Waals surface area (Å²) in [5.41, 5.74) is 2.48. The number of methoxy groups -OCH3 is 1. The highest BCUT2D eigenvalue weighted by Gasteiger charge is 2.40. The molecular weight excluding hydrogens is 302 g/mol. The summed E-state index contributed by atoms with van der Waals surface area (Å²) in [5.74, 6) is 2.48. The topological polar surface area (TPSA) is 41.9 Å². The predicted molar refractivity (Wildman–Crippen MR) is 95.4 cm³/mol. The Labute approximate surface area is 145 Å². The zero-order chi connectivity index (χ0) is 17.1. The van der Waals surface area contributed by atoms with Crippen LogP contribution >= 0.6 is 0 Å². The summed E-state index contributed by atoms with van der Waals surface area (Å²) in [5, 5.41) is 10.2. The fourth-order valence-electron chi connectivity index (χ4n) is 3.91. The van der Waals surface area contributed by atoms with Crippen molar-refractivity contribution in [2.24, 2.45) is 11.8 Å². The van der Waals surface area contributed by atoms with Crippen LogP contribution in [0.2, 0.25) is 0 Å². The van der Waals surface area contributed by atoms with Gasteiger partial charge in [0.15, 0.2) is 11.5 Å². The molecule has 3 atom stereocenters. The molecule has 1 aliphatic heterocycles. The van der Waals surface area contributed by atoms with Crippen molar-refractivity contribution >= 4 is 0 Å². The molecule has 4 nitrogen and oxygen atoms in total. The van der Waals surface area contributed by atoms with Crippen LogP contribution in [0.5, 0.6) is 11.5 Å². The Hall–Kier alpha value is -1.52. The van der Waals surface area contributed by atoms with Crippen LogP contribution in [0.15, 0.2) is 29.8 Å². The molecule has 2 aliphatic rings. The van der Waals surface area contributed by atoms with E-state index in [0.29, 0.717) is 18.4 Å². The summed E-state index contributed by atoms with van der Waals surface area (Å²) < 4.78 is 11.3. The van der Waals surface area contributed by atoms with Crippen LogP contribution < -0.4 is 9.47 Å². The first-order valence-corrected chi connectivity index (χ1v) is 8.90. The molecule has 24 heavy (non-hydrogen) atoms. The number of piperidine rings is 1. The van der Waals surface area contributed by atoms with E-state index in [1.807, 2.05) is 6.07 Å². The lowest BCUT2D eigenvalue weighted by Gasteiger charge is -2.35. The monoisotopic (exact) mass is 331 g/mol. The number of rotatable bonds is 6. The number of hydrogen-bond acceptors (Lipinski definition) is 4. The standard InChI is InChI=1S/C20H29NO3/c1-14(2)8-9-24-18-7-4-15(10-19(18)23-3)11-21-12-16-5-6-17(13-21)20(16)22/h4,7-8,10,16-17,20,22H,5-6,9,11-13H2,1-3H3/t16-,17+,20?. The molecule has 1 unspecified atom stereocenters. The Balaban J connectivity index is 1.63. The number of hydrogen-bond donors (Lipinski definition) is 1. The smallest absolute Gasteiger partial charge is 0.161 e. The van der Waals surface area contributed by atoms with Gasteiger partial charge in [0.2, 0.25) is 0 Å². The maximum Gasteiger partial charge on any atom is 0.161 e. The van der Waals surface area contributed by atoms with Crippen LogP contribution in [-0.4, -0.2) is 42.9 Å². The molecule has 1 aromatic rings. The highest BCUT2D eigenvalue weighted by atomic mass is 16.5. The molecule has 4 heteroatoms. The van der Waals surface area contributed by atoms with Crippen molar-refractivity contribution in [3.8, 4) is 11.5 Å². The molecule has 132 valence electrons. The van der Waals surface area contributed by atoms with Gasteiger partial charge in [0.1, 0.15) is 6.61 Å². The fraction of sp³-hybridized carbons (Fsp3) is 0.600. The highest BCUT2D eigenvalue weighted by molar-refractivity contribution is 5.43. The van der Waals surface area contributed by atoms with E-state index >= 15 is 0 Å². The summed E-state index contributed by atoms with van der Waals surface area (Å²) in [6.45, 7) is 7.59. The predicted octanol–water partition coefficient (Wildman–Crippen LogP) is 3.24. The molecule has 1 saturated carbocycles. The van der Waals surface area contributed by atoms with Gasteiger partial charge >= 0.3 is 0 Å². The Morgan fingerprint density at radius 1 is 1.21 bits per heavy atom. The number of allylic oxidation sites excluding steroid dienone is 1. The van der Waals surface area contributed by atoms with Gasteiger partial charge in [-0.2, -0.15) is 0 Å². The molecule has 2 bridgehead atoms. The second kappa shape index (κ2) is 7.58. The SMILES string of the molecule is COc1cc(CN2C[C@H]3CC[C@@H](C2)C3O)ccc1OCC=C(C)C. The summed E-state index contributed by atoms with van der Waals surface area (Å²) in [6.07, 6.45) is 4.31. The second-order valence-electron chi connectivity index (χ2n) is 7.36. The first-order chi connectivity index (χ1) is 11.6. The van der Waals surface area contributed by atoms with E-state index in [1.165, 1.54) is 24.0 Å². The molecule has 0 amide bonds. The van der Waals surface area contributed by atoms with Gasteiger partial charge in [-0.15, -0.1) is 0 Å². The first-order valence-electron chi connectivity index (χ1n) is 8.90. The third-order valence-corrected chi connectivity index (χ3v) is 5.22. The average molecular weight is 331 g/mol. The molecular formula is C20H29NO3. The average Bonchev–Trinajstić information content (AvgIpc) is 2.77. The fourth-order valence-corrected chi connectivity index (χ4v) is 3.91. The zero-order valence-corrected chi connectivity index (χ0v) is 15.0. The highest BCUT2D eigenvalue weighted by Crippen LogP contribution is 2.37. The van der Waals surface area contributed by atoms with E-state index in [2.05, 4.69) is 37.0 Å². The molecule has 1 aromatic carbocycles. The van der Waals surface area contributed by atoms with E-state index in [9.17, 15) is 5.11 Å². The van der Waals surface area contributed by atoms with Crippen LogP contribution in [0.1, 0.15) is 32.3 Å². The molecule has 0 spiro atoms. The number of likely N-dealkylation sites (tertiary alicyclic amines) is 1. The molecule has 1 aliphatic carbocycles. The van der Waals surface area contributed by atoms with Crippen molar-refractivity contribution < 1.29 is 14.6 Å². The Bertz CT molecular complexity index is 581. The molecule has 1 saturated heterocycles. The van der Waals surface area contributed by atoms with Gasteiger partial charge < -0.3 is 14.6 Å². The third kappa shape index (κ3) is 3.93. The van der Waals surface area contributed by atoms with Gasteiger partial charge in [0, 0.05) is 19.6 Å². The number of aliphatic hydroxyl groups excluding tert-OH is 1. The van der Waals surface area contributed by atoms with Gasteiger partial charge in [-0.25, -0.2) is 0 Å². The van der Waals surface area contributed by atoms with Gasteiger partial charge in [0.25, 0.3) is 0 Å². The minimum Gasteiger partial charge on any atom is -0.493 e. The Morgan fingerprint density at radius 2 is 1.92 bits per heavy atom. The lowest BCUT2D eigenvalue weighted by atomic mass is 9.95. The van der Waals surface area contributed by atoms with Crippen LogP contribution in [0.25, 0.3) is 0 Å². The number of benzene rings is 1. The summed E-state index contributed by atoms with van der Waals surface area (Å²) in [4.78, 5) is 2.47. The van der Waals surface area contributed by atoms with Gasteiger partial charge in [-0.3, -0.25) is 4.90 Å². The van der Waals surface area contributed by atoms with E-state index in [4.69, 9.17) is 9.47 Å². The number of nitrogens with zero attached hydrogens (tertiary/aromatic N) is 1. The zero-order valence-electron chi connectivity index (χ0n) is 15.0. The number of fused-ring (bicyclic) bond motifs is 2.